The lowest BCUT2D eigenvalue weighted by Crippen LogP contribution is -2.25. The monoisotopic (exact) mass is 265 g/mol. The van der Waals surface area contributed by atoms with Crippen LogP contribution in [0.2, 0.25) is 0 Å². The Labute approximate surface area is 117 Å². The molecule has 4 heteroatoms. The molecule has 1 N–H and O–H groups in total. The van der Waals surface area contributed by atoms with Gasteiger partial charge in [-0.1, -0.05) is 18.2 Å². The molecule has 0 bridgehead atoms. The van der Waals surface area contributed by atoms with Gasteiger partial charge < -0.3 is 9.73 Å². The summed E-state index contributed by atoms with van der Waals surface area (Å²) in [5.74, 6) is 0.864. The molecule has 3 aromatic rings. The fraction of sp³-hybridized carbons (Fsp3) is 0.188. The van der Waals surface area contributed by atoms with E-state index in [9.17, 15) is 0 Å². The third kappa shape index (κ3) is 1.51. The van der Waals surface area contributed by atoms with Gasteiger partial charge in [0.1, 0.15) is 5.76 Å². The molecule has 1 aliphatic heterocycles. The molecule has 100 valence electrons. The molecule has 4 nitrogen and oxygen atoms in total. The number of aromatic nitrogens is 2. The predicted octanol–water partition coefficient (Wildman–Crippen LogP) is 3.73. The Hall–Kier alpha value is -2.49. The number of hydrogen-bond donors (Lipinski definition) is 1. The molecule has 0 spiro atoms. The number of para-hydroxylation sites is 1. The van der Waals surface area contributed by atoms with Crippen molar-refractivity contribution in [2.45, 2.75) is 20.0 Å². The van der Waals surface area contributed by atoms with E-state index in [4.69, 9.17) is 4.42 Å². The molecule has 4 rings (SSSR count). The second-order valence-electron chi connectivity index (χ2n) is 5.18. The summed E-state index contributed by atoms with van der Waals surface area (Å²) >= 11 is 0. The van der Waals surface area contributed by atoms with Gasteiger partial charge in [-0.2, -0.15) is 5.10 Å². The molecule has 20 heavy (non-hydrogen) atoms. The minimum absolute atomic E-state index is 0.0951. The molecular formula is C16H15N3O. The molecule has 3 heterocycles. The quantitative estimate of drug-likeness (QED) is 0.729. The van der Waals surface area contributed by atoms with E-state index in [1.54, 1.807) is 6.26 Å². The first-order valence-corrected chi connectivity index (χ1v) is 6.70. The van der Waals surface area contributed by atoms with Crippen LogP contribution in [0.25, 0.3) is 11.3 Å². The van der Waals surface area contributed by atoms with E-state index in [1.165, 1.54) is 11.1 Å². The number of furan rings is 1. The molecule has 0 aliphatic carbocycles. The fourth-order valence-corrected chi connectivity index (χ4v) is 2.82. The molecule has 1 aliphatic rings. The van der Waals surface area contributed by atoms with E-state index in [1.807, 2.05) is 23.7 Å². The molecule has 0 saturated carbocycles. The van der Waals surface area contributed by atoms with Crippen molar-refractivity contribution in [1.29, 1.82) is 0 Å². The van der Waals surface area contributed by atoms with Gasteiger partial charge in [-0.3, -0.25) is 0 Å². The third-order valence-corrected chi connectivity index (χ3v) is 3.74. The molecule has 1 aromatic carbocycles. The van der Waals surface area contributed by atoms with Crippen molar-refractivity contribution in [3.05, 3.63) is 59.7 Å². The van der Waals surface area contributed by atoms with Crippen LogP contribution < -0.4 is 5.32 Å². The van der Waals surface area contributed by atoms with Gasteiger partial charge in [-0.25, -0.2) is 4.68 Å². The summed E-state index contributed by atoms with van der Waals surface area (Å²) in [6.45, 7) is 4.13. The van der Waals surface area contributed by atoms with E-state index in [2.05, 4.69) is 41.6 Å². The number of rotatable bonds is 1. The van der Waals surface area contributed by atoms with Gasteiger partial charge >= 0.3 is 0 Å². The average molecular weight is 265 g/mol. The van der Waals surface area contributed by atoms with Crippen molar-refractivity contribution in [2.24, 2.45) is 0 Å². The number of nitrogens with zero attached hydrogens (tertiary/aromatic N) is 2. The number of fused-ring (bicyclic) bond motifs is 3. The van der Waals surface area contributed by atoms with E-state index in [0.717, 1.165) is 22.8 Å². The van der Waals surface area contributed by atoms with Crippen LogP contribution in [0, 0.1) is 13.8 Å². The summed E-state index contributed by atoms with van der Waals surface area (Å²) in [4.78, 5) is 0. The van der Waals surface area contributed by atoms with Crippen molar-refractivity contribution in [2.75, 3.05) is 5.32 Å². The Morgan fingerprint density at radius 1 is 1.20 bits per heavy atom. The summed E-state index contributed by atoms with van der Waals surface area (Å²) in [5.41, 5.74) is 5.70. The zero-order valence-corrected chi connectivity index (χ0v) is 11.4. The van der Waals surface area contributed by atoms with Crippen LogP contribution in [-0.4, -0.2) is 9.78 Å². The van der Waals surface area contributed by atoms with Gasteiger partial charge in [0.2, 0.25) is 0 Å². The summed E-state index contributed by atoms with van der Waals surface area (Å²) < 4.78 is 7.57. The second kappa shape index (κ2) is 4.00. The minimum atomic E-state index is -0.0951. The molecule has 0 amide bonds. The fourth-order valence-electron chi connectivity index (χ4n) is 2.82. The largest absolute Gasteiger partial charge is 0.465 e. The number of benzene rings is 1. The number of aryl methyl sites for hydroxylation is 2. The lowest BCUT2D eigenvalue weighted by molar-refractivity contribution is 0.430. The van der Waals surface area contributed by atoms with Crippen LogP contribution in [-0.2, 0) is 0 Å². The lowest BCUT2D eigenvalue weighted by atomic mass is 10.0. The Bertz CT molecular complexity index is 771. The SMILES string of the molecule is Cc1cc2n(n1)C(c1ccco1)Nc1c(C)cccc1-2. The van der Waals surface area contributed by atoms with Crippen LogP contribution >= 0.6 is 0 Å². The van der Waals surface area contributed by atoms with E-state index < -0.39 is 0 Å². The first kappa shape index (κ1) is 11.3. The Kier molecular flexibility index (Phi) is 2.27. The predicted molar refractivity (Wildman–Crippen MR) is 77.6 cm³/mol. The maximum atomic E-state index is 5.57. The van der Waals surface area contributed by atoms with Crippen molar-refractivity contribution < 1.29 is 4.42 Å². The summed E-state index contributed by atoms with van der Waals surface area (Å²) in [6.07, 6.45) is 1.60. The number of anilines is 1. The van der Waals surface area contributed by atoms with E-state index in [-0.39, 0.29) is 6.17 Å². The van der Waals surface area contributed by atoms with Gasteiger partial charge in [-0.15, -0.1) is 0 Å². The number of hydrogen-bond acceptors (Lipinski definition) is 3. The van der Waals surface area contributed by atoms with Crippen molar-refractivity contribution in [3.63, 3.8) is 0 Å². The summed E-state index contributed by atoms with van der Waals surface area (Å²) in [5, 5.41) is 8.16. The first-order chi connectivity index (χ1) is 9.74. The van der Waals surface area contributed by atoms with E-state index in [0.29, 0.717) is 0 Å². The van der Waals surface area contributed by atoms with Gasteiger partial charge in [0.25, 0.3) is 0 Å². The average Bonchev–Trinajstić information content (AvgIpc) is 3.06. The normalized spacial score (nSPS) is 16.4. The van der Waals surface area contributed by atoms with Crippen molar-refractivity contribution >= 4 is 5.69 Å². The van der Waals surface area contributed by atoms with Crippen molar-refractivity contribution in [1.82, 2.24) is 9.78 Å². The van der Waals surface area contributed by atoms with Crippen LogP contribution in [0.1, 0.15) is 23.2 Å². The smallest absolute Gasteiger partial charge is 0.180 e. The molecule has 1 unspecified atom stereocenters. The minimum Gasteiger partial charge on any atom is -0.465 e. The zero-order chi connectivity index (χ0) is 13.7. The van der Waals surface area contributed by atoms with Gasteiger partial charge in [0.05, 0.1) is 17.7 Å². The maximum Gasteiger partial charge on any atom is 0.180 e. The maximum absolute atomic E-state index is 5.57. The van der Waals surface area contributed by atoms with Crippen LogP contribution in [0.15, 0.2) is 47.1 Å². The van der Waals surface area contributed by atoms with Gasteiger partial charge in [0, 0.05) is 11.3 Å². The van der Waals surface area contributed by atoms with Crippen LogP contribution in [0.4, 0.5) is 5.69 Å². The zero-order valence-electron chi connectivity index (χ0n) is 11.4. The van der Waals surface area contributed by atoms with Gasteiger partial charge in [-0.05, 0) is 37.6 Å². The Morgan fingerprint density at radius 3 is 2.90 bits per heavy atom. The highest BCUT2D eigenvalue weighted by Gasteiger charge is 2.28. The number of nitrogens with one attached hydrogen (secondary N) is 1. The Balaban J connectivity index is 1.97. The first-order valence-electron chi connectivity index (χ1n) is 6.70. The molecule has 1 atom stereocenters. The highest BCUT2D eigenvalue weighted by molar-refractivity contribution is 5.81. The molecule has 2 aromatic heterocycles. The highest BCUT2D eigenvalue weighted by Crippen LogP contribution is 2.40. The highest BCUT2D eigenvalue weighted by atomic mass is 16.3. The summed E-state index contributed by atoms with van der Waals surface area (Å²) in [6, 6.07) is 12.3. The molecule has 0 saturated heterocycles. The van der Waals surface area contributed by atoms with E-state index >= 15 is 0 Å². The molecular weight excluding hydrogens is 250 g/mol. The second-order valence-corrected chi connectivity index (χ2v) is 5.18. The van der Waals surface area contributed by atoms with Gasteiger partial charge in [0.15, 0.2) is 6.17 Å². The van der Waals surface area contributed by atoms with Crippen molar-refractivity contribution in [3.8, 4) is 11.3 Å². The standard InChI is InChI=1S/C16H15N3O/c1-10-5-3-6-12-13-9-11(2)18-19(13)16(17-15(10)12)14-7-4-8-20-14/h3-9,16-17H,1-2H3. The van der Waals surface area contributed by atoms with Crippen LogP contribution in [0.5, 0.6) is 0 Å². The lowest BCUT2D eigenvalue weighted by Gasteiger charge is -2.28. The molecule has 0 fully saturated rings. The van der Waals surface area contributed by atoms with Crippen LogP contribution in [0.3, 0.4) is 0 Å². The third-order valence-electron chi connectivity index (χ3n) is 3.74. The Morgan fingerprint density at radius 2 is 2.10 bits per heavy atom. The molecule has 0 radical (unpaired) electrons. The summed E-state index contributed by atoms with van der Waals surface area (Å²) in [7, 11) is 0. The topological polar surface area (TPSA) is 43.0 Å².